The smallest absolute Gasteiger partial charge is 0.417 e. The molecule has 0 aromatic heterocycles. The minimum atomic E-state index is -1.74. The van der Waals surface area contributed by atoms with Crippen LogP contribution in [-0.4, -0.2) is 40.6 Å². The van der Waals surface area contributed by atoms with E-state index in [4.69, 9.17) is 4.74 Å². The van der Waals surface area contributed by atoms with Crippen molar-refractivity contribution in [2.45, 2.75) is 38.8 Å². The fourth-order valence-corrected chi connectivity index (χ4v) is 3.24. The molecule has 1 saturated heterocycles. The number of rotatable bonds is 4. The normalized spacial score (nSPS) is 25.3. The van der Waals surface area contributed by atoms with Gasteiger partial charge in [0.1, 0.15) is 6.61 Å². The van der Waals surface area contributed by atoms with Crippen molar-refractivity contribution in [3.05, 3.63) is 41.5 Å². The number of cyclic esters (lactones) is 1. The molecule has 0 aliphatic carbocycles. The average Bonchev–Trinajstić information content (AvgIpc) is 3.11. The van der Waals surface area contributed by atoms with Crippen molar-refractivity contribution in [2.24, 2.45) is 5.92 Å². The fraction of sp³-hybridized carbons (Fsp3) is 0.421. The predicted molar refractivity (Wildman–Crippen MR) is 94.2 cm³/mol. The van der Waals surface area contributed by atoms with Crippen molar-refractivity contribution in [1.82, 2.24) is 4.90 Å². The summed E-state index contributed by atoms with van der Waals surface area (Å²) in [6.45, 7) is 5.56. The molecule has 2 atom stereocenters. The van der Waals surface area contributed by atoms with E-state index in [1.165, 1.54) is 6.08 Å². The molecule has 1 aromatic carbocycles. The summed E-state index contributed by atoms with van der Waals surface area (Å²) in [5.41, 5.74) is -0.427. The average molecular weight is 358 g/mol. The molecule has 1 fully saturated rings. The number of amides is 3. The lowest BCUT2D eigenvalue weighted by Gasteiger charge is -2.23. The van der Waals surface area contributed by atoms with Gasteiger partial charge in [0.15, 0.2) is 5.60 Å². The Hall–Kier alpha value is -2.67. The van der Waals surface area contributed by atoms with Crippen molar-refractivity contribution in [2.75, 3.05) is 11.9 Å². The molecule has 2 N–H and O–H groups in total. The lowest BCUT2D eigenvalue weighted by Crippen LogP contribution is -2.42. The monoisotopic (exact) mass is 358 g/mol. The number of nitrogens with zero attached hydrogens (tertiary/aromatic N) is 1. The molecule has 0 radical (unpaired) electrons. The van der Waals surface area contributed by atoms with E-state index < -0.39 is 23.5 Å². The molecular weight excluding hydrogens is 336 g/mol. The number of anilines is 1. The molecule has 26 heavy (non-hydrogen) atoms. The summed E-state index contributed by atoms with van der Waals surface area (Å²) in [5, 5.41) is 13.5. The van der Waals surface area contributed by atoms with Crippen LogP contribution in [0.1, 0.15) is 32.8 Å². The number of imide groups is 1. The van der Waals surface area contributed by atoms with E-state index in [-0.39, 0.29) is 30.6 Å². The van der Waals surface area contributed by atoms with Crippen LogP contribution < -0.4 is 5.32 Å². The molecule has 3 rings (SSSR count). The van der Waals surface area contributed by atoms with Crippen LogP contribution >= 0.6 is 0 Å². The highest BCUT2D eigenvalue weighted by Gasteiger charge is 2.45. The fourth-order valence-electron chi connectivity index (χ4n) is 3.24. The number of aliphatic hydroxyl groups is 1. The van der Waals surface area contributed by atoms with Crippen molar-refractivity contribution in [1.29, 1.82) is 0 Å². The van der Waals surface area contributed by atoms with E-state index >= 15 is 0 Å². The van der Waals surface area contributed by atoms with Crippen LogP contribution in [-0.2, 0) is 19.9 Å². The van der Waals surface area contributed by atoms with Gasteiger partial charge in [-0.3, -0.25) is 9.59 Å². The van der Waals surface area contributed by atoms with Gasteiger partial charge >= 0.3 is 6.09 Å². The van der Waals surface area contributed by atoms with Crippen molar-refractivity contribution >= 4 is 23.6 Å². The minimum Gasteiger partial charge on any atom is -0.447 e. The Kier molecular flexibility index (Phi) is 4.58. The standard InChI is InChI=1S/C19H22N2O5/c1-11(2)15-10-26-18(24)21(15)16(22)12(3)8-9-19(25)13-6-4-5-7-14(13)20-17(19)23/h4-8,11,15,25H,9-10H2,1-3H3,(H,20,23)/b12-8+. The first kappa shape index (κ1) is 18.1. The molecule has 2 aliphatic rings. The van der Waals surface area contributed by atoms with Gasteiger partial charge in [0.2, 0.25) is 0 Å². The van der Waals surface area contributed by atoms with Gasteiger partial charge in [0.25, 0.3) is 11.8 Å². The maximum absolute atomic E-state index is 12.7. The topological polar surface area (TPSA) is 95.9 Å². The van der Waals surface area contributed by atoms with Crippen LogP contribution in [0.3, 0.4) is 0 Å². The van der Waals surface area contributed by atoms with E-state index in [1.54, 1.807) is 31.2 Å². The second kappa shape index (κ2) is 6.57. The second-order valence-electron chi connectivity index (χ2n) is 7.01. The predicted octanol–water partition coefficient (Wildman–Crippen LogP) is 2.17. The van der Waals surface area contributed by atoms with E-state index in [1.807, 2.05) is 13.8 Å². The molecule has 0 spiro atoms. The third kappa shape index (κ3) is 2.88. The Bertz CT molecular complexity index is 801. The molecule has 7 nitrogen and oxygen atoms in total. The Balaban J connectivity index is 1.81. The van der Waals surface area contributed by atoms with E-state index in [0.717, 1.165) is 4.90 Å². The van der Waals surface area contributed by atoms with Gasteiger partial charge in [-0.15, -0.1) is 0 Å². The van der Waals surface area contributed by atoms with Crippen molar-refractivity contribution < 1.29 is 24.2 Å². The zero-order chi connectivity index (χ0) is 19.1. The lowest BCUT2D eigenvalue weighted by atomic mass is 9.91. The van der Waals surface area contributed by atoms with Gasteiger partial charge in [-0.05, 0) is 18.9 Å². The number of fused-ring (bicyclic) bond motifs is 1. The van der Waals surface area contributed by atoms with Crippen molar-refractivity contribution in [3.63, 3.8) is 0 Å². The molecule has 0 saturated carbocycles. The molecule has 2 aliphatic heterocycles. The third-order valence-corrected chi connectivity index (χ3v) is 4.93. The van der Waals surface area contributed by atoms with Crippen LogP contribution in [0, 0.1) is 5.92 Å². The van der Waals surface area contributed by atoms with E-state index in [2.05, 4.69) is 5.32 Å². The number of carbonyl (C=O) groups excluding carboxylic acids is 3. The summed E-state index contributed by atoms with van der Waals surface area (Å²) in [5.74, 6) is -0.938. The van der Waals surface area contributed by atoms with Gasteiger partial charge in [-0.1, -0.05) is 38.1 Å². The summed E-state index contributed by atoms with van der Waals surface area (Å²) >= 11 is 0. The maximum Gasteiger partial charge on any atom is 0.417 e. The minimum absolute atomic E-state index is 0.0647. The first-order valence-corrected chi connectivity index (χ1v) is 8.56. The molecular formula is C19H22N2O5. The maximum atomic E-state index is 12.7. The Labute approximate surface area is 151 Å². The molecule has 0 bridgehead atoms. The number of carbonyl (C=O) groups is 3. The van der Waals surface area contributed by atoms with Crippen LogP contribution in [0.15, 0.2) is 35.9 Å². The number of ether oxygens (including phenoxy) is 1. The van der Waals surface area contributed by atoms with Crippen LogP contribution in [0.5, 0.6) is 0 Å². The van der Waals surface area contributed by atoms with Crippen molar-refractivity contribution in [3.8, 4) is 0 Å². The highest BCUT2D eigenvalue weighted by Crippen LogP contribution is 2.38. The zero-order valence-corrected chi connectivity index (χ0v) is 15.0. The van der Waals surface area contributed by atoms with Crippen LogP contribution in [0.2, 0.25) is 0 Å². The lowest BCUT2D eigenvalue weighted by molar-refractivity contribution is -0.133. The van der Waals surface area contributed by atoms with Gasteiger partial charge in [-0.2, -0.15) is 0 Å². The SMILES string of the molecule is C/C(=C\CC1(O)C(=O)Nc2ccccc21)C(=O)N1C(=O)OCC1C(C)C. The first-order chi connectivity index (χ1) is 12.3. The first-order valence-electron chi connectivity index (χ1n) is 8.56. The van der Waals surface area contributed by atoms with Gasteiger partial charge in [0, 0.05) is 23.2 Å². The van der Waals surface area contributed by atoms with E-state index in [9.17, 15) is 19.5 Å². The molecule has 1 aromatic rings. The van der Waals surface area contributed by atoms with Gasteiger partial charge in [-0.25, -0.2) is 9.69 Å². The van der Waals surface area contributed by atoms with Gasteiger partial charge < -0.3 is 15.2 Å². The Morgan fingerprint density at radius 2 is 2.12 bits per heavy atom. The molecule has 138 valence electrons. The largest absolute Gasteiger partial charge is 0.447 e. The number of para-hydroxylation sites is 1. The number of hydrogen-bond donors (Lipinski definition) is 2. The Morgan fingerprint density at radius 1 is 1.42 bits per heavy atom. The molecule has 2 heterocycles. The summed E-state index contributed by atoms with van der Waals surface area (Å²) in [7, 11) is 0. The third-order valence-electron chi connectivity index (χ3n) is 4.93. The molecule has 2 unspecified atom stereocenters. The van der Waals surface area contributed by atoms with Gasteiger partial charge in [0.05, 0.1) is 6.04 Å². The highest BCUT2D eigenvalue weighted by molar-refractivity contribution is 6.05. The van der Waals surface area contributed by atoms with E-state index in [0.29, 0.717) is 11.3 Å². The summed E-state index contributed by atoms with van der Waals surface area (Å²) in [6.07, 6.45) is 0.763. The Morgan fingerprint density at radius 3 is 2.81 bits per heavy atom. The summed E-state index contributed by atoms with van der Waals surface area (Å²) in [4.78, 5) is 37.9. The number of benzene rings is 1. The summed E-state index contributed by atoms with van der Waals surface area (Å²) in [6, 6.07) is 6.56. The second-order valence-corrected chi connectivity index (χ2v) is 7.01. The van der Waals surface area contributed by atoms with Crippen LogP contribution in [0.25, 0.3) is 0 Å². The number of hydrogen-bond acceptors (Lipinski definition) is 5. The zero-order valence-electron chi connectivity index (χ0n) is 15.0. The quantitative estimate of drug-likeness (QED) is 0.804. The molecule has 7 heteroatoms. The number of nitrogens with one attached hydrogen (secondary N) is 1. The molecule has 3 amide bonds. The van der Waals surface area contributed by atoms with Crippen LogP contribution in [0.4, 0.5) is 10.5 Å². The summed E-state index contributed by atoms with van der Waals surface area (Å²) < 4.78 is 5.00. The highest BCUT2D eigenvalue weighted by atomic mass is 16.6.